The minimum absolute atomic E-state index is 0.964. The van der Waals surface area contributed by atoms with E-state index in [0.717, 1.165) is 5.92 Å². The minimum Gasteiger partial charge on any atom is -0.205 e. The van der Waals surface area contributed by atoms with Crippen molar-refractivity contribution in [2.75, 3.05) is 0 Å². The predicted molar refractivity (Wildman–Crippen MR) is 171 cm³/mol. The highest BCUT2D eigenvalue weighted by atomic mass is 14.9. The Morgan fingerprint density at radius 1 is 0.368 bits per heavy atom. The summed E-state index contributed by atoms with van der Waals surface area (Å²) in [5.41, 5.74) is 0. The van der Waals surface area contributed by atoms with E-state index in [1.54, 1.807) is 0 Å². The zero-order valence-electron chi connectivity index (χ0n) is 26.4. The van der Waals surface area contributed by atoms with Crippen LogP contribution < -0.4 is 4.57 Å². The van der Waals surface area contributed by atoms with Crippen molar-refractivity contribution in [1.29, 1.82) is 0 Å². The molecule has 1 heteroatoms. The van der Waals surface area contributed by atoms with Gasteiger partial charge in [-0.15, -0.1) is 0 Å². The van der Waals surface area contributed by atoms with Gasteiger partial charge in [-0.3, -0.25) is 0 Å². The Balaban J connectivity index is 2.00. The molecule has 1 aromatic rings. The van der Waals surface area contributed by atoms with E-state index in [1.165, 1.54) is 186 Å². The fourth-order valence-corrected chi connectivity index (χ4v) is 6.13. The van der Waals surface area contributed by atoms with Gasteiger partial charge in [0.05, 0.1) is 0 Å². The van der Waals surface area contributed by atoms with E-state index in [-0.39, 0.29) is 0 Å². The zero-order valence-corrected chi connectivity index (χ0v) is 26.4. The van der Waals surface area contributed by atoms with Crippen LogP contribution in [0.3, 0.4) is 0 Å². The van der Waals surface area contributed by atoms with Gasteiger partial charge in [0.1, 0.15) is 6.54 Å². The van der Waals surface area contributed by atoms with Gasteiger partial charge in [0.15, 0.2) is 12.4 Å². The van der Waals surface area contributed by atoms with E-state index >= 15 is 0 Å². The SMILES string of the molecule is CCCCCCCCCCCCCCCCCCCC(CCCCCCCCC)CCC[n+]1ccccc1. The first kappa shape index (κ1) is 35.2. The molecule has 1 atom stereocenters. The Morgan fingerprint density at radius 2 is 0.684 bits per heavy atom. The van der Waals surface area contributed by atoms with E-state index in [2.05, 4.69) is 49.0 Å². The Hall–Kier alpha value is -0.850. The van der Waals surface area contributed by atoms with Crippen LogP contribution in [0, 0.1) is 5.92 Å². The number of unbranched alkanes of at least 4 members (excludes halogenated alkanes) is 22. The maximum atomic E-state index is 2.36. The molecule has 222 valence electrons. The Bertz CT molecular complexity index is 553. The molecule has 0 saturated heterocycles. The summed E-state index contributed by atoms with van der Waals surface area (Å²) in [5, 5.41) is 0. The second kappa shape index (κ2) is 29.1. The molecule has 0 saturated carbocycles. The fourth-order valence-electron chi connectivity index (χ4n) is 6.13. The van der Waals surface area contributed by atoms with Crippen LogP contribution in [0.1, 0.15) is 194 Å². The zero-order chi connectivity index (χ0) is 27.2. The van der Waals surface area contributed by atoms with Gasteiger partial charge in [0, 0.05) is 18.6 Å². The molecule has 0 aliphatic heterocycles. The van der Waals surface area contributed by atoms with Crippen molar-refractivity contribution in [2.45, 2.75) is 200 Å². The van der Waals surface area contributed by atoms with Crippen LogP contribution >= 0.6 is 0 Å². The van der Waals surface area contributed by atoms with Crippen LogP contribution in [-0.4, -0.2) is 0 Å². The fraction of sp³-hybridized carbons (Fsp3) is 0.865. The standard InChI is InChI=1S/C37H70N/c1-3-5-7-9-11-12-13-14-15-16-17-18-19-20-22-24-27-32-37(31-26-23-21-10-8-6-4-2)33-30-36-38-34-28-25-29-35-38/h25,28-29,34-35,37H,3-24,26-27,30-33,36H2,1-2H3/q+1. The largest absolute Gasteiger partial charge is 0.205 e. The van der Waals surface area contributed by atoms with E-state index < -0.39 is 0 Å². The van der Waals surface area contributed by atoms with E-state index in [1.807, 2.05) is 0 Å². The summed E-state index contributed by atoms with van der Waals surface area (Å²) in [5.74, 6) is 0.964. The van der Waals surface area contributed by atoms with Gasteiger partial charge in [-0.05, 0) is 12.3 Å². The average molecular weight is 529 g/mol. The lowest BCUT2D eigenvalue weighted by atomic mass is 9.90. The van der Waals surface area contributed by atoms with Crippen LogP contribution in [0.4, 0.5) is 0 Å². The highest BCUT2D eigenvalue weighted by Gasteiger charge is 2.10. The normalized spacial score (nSPS) is 12.3. The van der Waals surface area contributed by atoms with E-state index in [9.17, 15) is 0 Å². The van der Waals surface area contributed by atoms with Crippen molar-refractivity contribution >= 4 is 0 Å². The Morgan fingerprint density at radius 3 is 1.05 bits per heavy atom. The molecular weight excluding hydrogens is 458 g/mol. The molecule has 1 heterocycles. The molecular formula is C37H70N+. The monoisotopic (exact) mass is 529 g/mol. The number of aromatic nitrogens is 1. The van der Waals surface area contributed by atoms with Crippen LogP contribution in [0.5, 0.6) is 0 Å². The third-order valence-electron chi connectivity index (χ3n) is 8.74. The molecule has 38 heavy (non-hydrogen) atoms. The summed E-state index contributed by atoms with van der Waals surface area (Å²) in [4.78, 5) is 0. The van der Waals surface area contributed by atoms with Crippen LogP contribution in [0.25, 0.3) is 0 Å². The molecule has 1 aromatic heterocycles. The molecule has 1 rings (SSSR count). The smallest absolute Gasteiger partial charge is 0.168 e. The highest BCUT2D eigenvalue weighted by Crippen LogP contribution is 2.23. The number of rotatable bonds is 30. The lowest BCUT2D eigenvalue weighted by Crippen LogP contribution is -2.32. The molecule has 0 spiro atoms. The van der Waals surface area contributed by atoms with Gasteiger partial charge >= 0.3 is 0 Å². The molecule has 0 fully saturated rings. The molecule has 1 nitrogen and oxygen atoms in total. The summed E-state index contributed by atoms with van der Waals surface area (Å²) in [6.45, 7) is 5.81. The molecule has 0 radical (unpaired) electrons. The summed E-state index contributed by atoms with van der Waals surface area (Å²) >= 11 is 0. The second-order valence-electron chi connectivity index (χ2n) is 12.5. The number of nitrogens with zero attached hydrogens (tertiary/aromatic N) is 1. The molecule has 0 aliphatic rings. The van der Waals surface area contributed by atoms with Gasteiger partial charge in [0.2, 0.25) is 0 Å². The number of aryl methyl sites for hydroxylation is 1. The van der Waals surface area contributed by atoms with E-state index in [4.69, 9.17) is 0 Å². The maximum Gasteiger partial charge on any atom is 0.168 e. The predicted octanol–water partition coefficient (Wildman–Crippen LogP) is 12.6. The van der Waals surface area contributed by atoms with Crippen molar-refractivity contribution in [3.63, 3.8) is 0 Å². The first-order valence-electron chi connectivity index (χ1n) is 17.8. The Kier molecular flexibility index (Phi) is 27.0. The van der Waals surface area contributed by atoms with Gasteiger partial charge in [-0.2, -0.15) is 0 Å². The van der Waals surface area contributed by atoms with Gasteiger partial charge in [0.25, 0.3) is 0 Å². The first-order chi connectivity index (χ1) is 18.9. The quantitative estimate of drug-likeness (QED) is 0.0690. The third kappa shape index (κ3) is 24.2. The summed E-state index contributed by atoms with van der Waals surface area (Å²) in [6.07, 6.45) is 45.3. The molecule has 0 aromatic carbocycles. The van der Waals surface area contributed by atoms with Gasteiger partial charge in [-0.25, -0.2) is 4.57 Å². The summed E-state index contributed by atoms with van der Waals surface area (Å²) < 4.78 is 2.36. The van der Waals surface area contributed by atoms with Crippen molar-refractivity contribution in [3.8, 4) is 0 Å². The van der Waals surface area contributed by atoms with Crippen molar-refractivity contribution in [3.05, 3.63) is 30.6 Å². The first-order valence-corrected chi connectivity index (χ1v) is 17.8. The topological polar surface area (TPSA) is 3.88 Å². The third-order valence-corrected chi connectivity index (χ3v) is 8.74. The van der Waals surface area contributed by atoms with Crippen LogP contribution in [0.2, 0.25) is 0 Å². The highest BCUT2D eigenvalue weighted by molar-refractivity contribution is 4.83. The van der Waals surface area contributed by atoms with E-state index in [0.29, 0.717) is 0 Å². The van der Waals surface area contributed by atoms with Crippen molar-refractivity contribution in [2.24, 2.45) is 5.92 Å². The number of pyridine rings is 1. The van der Waals surface area contributed by atoms with Crippen molar-refractivity contribution < 1.29 is 4.57 Å². The number of hydrogen-bond donors (Lipinski definition) is 0. The summed E-state index contributed by atoms with van der Waals surface area (Å²) in [7, 11) is 0. The minimum atomic E-state index is 0.964. The van der Waals surface area contributed by atoms with Crippen LogP contribution in [0.15, 0.2) is 30.6 Å². The summed E-state index contributed by atoms with van der Waals surface area (Å²) in [6, 6.07) is 6.44. The molecule has 0 N–H and O–H groups in total. The van der Waals surface area contributed by atoms with Gasteiger partial charge < -0.3 is 0 Å². The Labute approximate surface area is 241 Å². The molecule has 0 aliphatic carbocycles. The molecule has 0 amide bonds. The second-order valence-corrected chi connectivity index (χ2v) is 12.5. The van der Waals surface area contributed by atoms with Crippen molar-refractivity contribution in [1.82, 2.24) is 0 Å². The lowest BCUT2D eigenvalue weighted by molar-refractivity contribution is -0.697. The molecule has 0 bridgehead atoms. The average Bonchev–Trinajstić information content (AvgIpc) is 2.94. The lowest BCUT2D eigenvalue weighted by Gasteiger charge is -2.16. The molecule has 1 unspecified atom stereocenters. The van der Waals surface area contributed by atoms with Gasteiger partial charge in [-0.1, -0.05) is 187 Å². The maximum absolute atomic E-state index is 2.36. The van der Waals surface area contributed by atoms with Crippen LogP contribution in [-0.2, 0) is 6.54 Å². The number of hydrogen-bond acceptors (Lipinski definition) is 0.